The SMILES string of the molecule is CCC1(C)[C@]2(C)N=N[C@@]1(c1ccccc1)[C@H]1CCC[C@H]12. The number of fused-ring (bicyclic) bond motifs is 5. The van der Waals surface area contributed by atoms with Gasteiger partial charge in [-0.2, -0.15) is 10.2 Å². The molecule has 1 aliphatic heterocycles. The second-order valence-electron chi connectivity index (χ2n) is 7.31. The molecule has 2 heteroatoms. The smallest absolute Gasteiger partial charge is 0.117 e. The predicted octanol–water partition coefficient (Wildman–Crippen LogP) is 4.95. The van der Waals surface area contributed by atoms with Crippen LogP contribution in [0.1, 0.15) is 52.0 Å². The molecule has 0 saturated heterocycles. The molecule has 2 nitrogen and oxygen atoms in total. The van der Waals surface area contributed by atoms with E-state index < -0.39 is 0 Å². The van der Waals surface area contributed by atoms with E-state index in [1.807, 2.05) is 0 Å². The summed E-state index contributed by atoms with van der Waals surface area (Å²) in [5.41, 5.74) is 1.53. The molecule has 1 unspecified atom stereocenters. The second kappa shape index (κ2) is 3.72. The van der Waals surface area contributed by atoms with E-state index in [9.17, 15) is 0 Å². The van der Waals surface area contributed by atoms with Crippen LogP contribution in [0.15, 0.2) is 40.6 Å². The zero-order valence-corrected chi connectivity index (χ0v) is 12.8. The maximum Gasteiger partial charge on any atom is 0.117 e. The highest BCUT2D eigenvalue weighted by atomic mass is 15.3. The average Bonchev–Trinajstić information content (AvgIpc) is 3.09. The van der Waals surface area contributed by atoms with E-state index in [1.54, 1.807) is 0 Å². The fraction of sp³-hybridized carbons (Fsp3) is 0.667. The van der Waals surface area contributed by atoms with Gasteiger partial charge in [-0.05, 0) is 43.6 Å². The van der Waals surface area contributed by atoms with Gasteiger partial charge in [0.05, 0.1) is 5.54 Å². The van der Waals surface area contributed by atoms with Gasteiger partial charge in [-0.25, -0.2) is 0 Å². The normalized spacial score (nSPS) is 48.8. The van der Waals surface area contributed by atoms with E-state index in [0.717, 1.165) is 12.3 Å². The topological polar surface area (TPSA) is 24.7 Å². The van der Waals surface area contributed by atoms with Crippen molar-refractivity contribution >= 4 is 0 Å². The van der Waals surface area contributed by atoms with E-state index in [2.05, 4.69) is 51.1 Å². The molecule has 5 atom stereocenters. The number of benzene rings is 1. The molecule has 0 N–H and O–H groups in total. The molecule has 2 bridgehead atoms. The van der Waals surface area contributed by atoms with Crippen molar-refractivity contribution in [2.45, 2.75) is 57.5 Å². The Morgan fingerprint density at radius 2 is 1.75 bits per heavy atom. The summed E-state index contributed by atoms with van der Waals surface area (Å²) >= 11 is 0. The van der Waals surface area contributed by atoms with Gasteiger partial charge in [0.1, 0.15) is 5.54 Å². The van der Waals surface area contributed by atoms with Crippen molar-refractivity contribution in [3.63, 3.8) is 0 Å². The molecule has 20 heavy (non-hydrogen) atoms. The van der Waals surface area contributed by atoms with Crippen molar-refractivity contribution in [3.05, 3.63) is 35.9 Å². The number of nitrogens with zero attached hydrogens (tertiary/aromatic N) is 2. The third-order valence-electron chi connectivity index (χ3n) is 7.07. The van der Waals surface area contributed by atoms with E-state index >= 15 is 0 Å². The van der Waals surface area contributed by atoms with E-state index in [-0.39, 0.29) is 16.5 Å². The van der Waals surface area contributed by atoms with Crippen LogP contribution in [0.2, 0.25) is 0 Å². The maximum atomic E-state index is 4.97. The molecule has 0 radical (unpaired) electrons. The van der Waals surface area contributed by atoms with Gasteiger partial charge in [0.2, 0.25) is 0 Å². The van der Waals surface area contributed by atoms with Crippen LogP contribution in [0.4, 0.5) is 0 Å². The molecule has 3 aliphatic rings. The number of rotatable bonds is 2. The maximum absolute atomic E-state index is 4.97. The summed E-state index contributed by atoms with van der Waals surface area (Å²) in [4.78, 5) is 0. The Morgan fingerprint density at radius 1 is 1.05 bits per heavy atom. The Morgan fingerprint density at radius 3 is 2.45 bits per heavy atom. The summed E-state index contributed by atoms with van der Waals surface area (Å²) in [6.45, 7) is 7.15. The lowest BCUT2D eigenvalue weighted by Gasteiger charge is -2.42. The first-order chi connectivity index (χ1) is 9.60. The van der Waals surface area contributed by atoms with Crippen molar-refractivity contribution in [2.24, 2.45) is 27.5 Å². The molecule has 4 rings (SSSR count). The molecular weight excluding hydrogens is 244 g/mol. The first kappa shape index (κ1) is 12.6. The summed E-state index contributed by atoms with van der Waals surface area (Å²) in [6.07, 6.45) is 5.16. The molecule has 2 fully saturated rings. The van der Waals surface area contributed by atoms with Crippen molar-refractivity contribution in [2.75, 3.05) is 0 Å². The minimum atomic E-state index is -0.0705. The first-order valence-electron chi connectivity index (χ1n) is 8.10. The van der Waals surface area contributed by atoms with Gasteiger partial charge >= 0.3 is 0 Å². The average molecular weight is 268 g/mol. The molecule has 2 saturated carbocycles. The van der Waals surface area contributed by atoms with Crippen LogP contribution in [0.5, 0.6) is 0 Å². The van der Waals surface area contributed by atoms with Crippen LogP contribution in [-0.4, -0.2) is 5.54 Å². The highest BCUT2D eigenvalue weighted by Gasteiger charge is 2.76. The van der Waals surface area contributed by atoms with Crippen LogP contribution < -0.4 is 0 Å². The lowest BCUT2D eigenvalue weighted by atomic mass is 9.61. The molecule has 0 amide bonds. The Kier molecular flexibility index (Phi) is 2.33. The Labute approximate surface area is 121 Å². The largest absolute Gasteiger partial charge is 0.186 e. The quantitative estimate of drug-likeness (QED) is 0.725. The van der Waals surface area contributed by atoms with Crippen LogP contribution >= 0.6 is 0 Å². The van der Waals surface area contributed by atoms with Crippen molar-refractivity contribution in [1.29, 1.82) is 0 Å². The van der Waals surface area contributed by atoms with Gasteiger partial charge in [0.25, 0.3) is 0 Å². The van der Waals surface area contributed by atoms with Gasteiger partial charge in [-0.3, -0.25) is 0 Å². The third kappa shape index (κ3) is 1.07. The Balaban J connectivity index is 1.99. The zero-order valence-electron chi connectivity index (χ0n) is 12.8. The highest BCUT2D eigenvalue weighted by Crippen LogP contribution is 2.75. The highest BCUT2D eigenvalue weighted by molar-refractivity contribution is 5.39. The second-order valence-corrected chi connectivity index (χ2v) is 7.31. The standard InChI is InChI=1S/C18H24N2/c1-4-16(2)17(3)14-11-8-12-15(14)18(16,20-19-17)13-9-6-5-7-10-13/h5-7,9-10,14-15H,4,8,11-12H2,1-3H3/t14-,15+,16?,17-,18+/m1/s1. The Hall–Kier alpha value is -1.18. The predicted molar refractivity (Wildman–Crippen MR) is 80.6 cm³/mol. The van der Waals surface area contributed by atoms with Gasteiger partial charge in [-0.1, -0.05) is 50.6 Å². The summed E-state index contributed by atoms with van der Waals surface area (Å²) in [7, 11) is 0. The van der Waals surface area contributed by atoms with Gasteiger partial charge < -0.3 is 0 Å². The third-order valence-corrected chi connectivity index (χ3v) is 7.07. The zero-order chi connectivity index (χ0) is 14.0. The molecule has 106 valence electrons. The summed E-state index contributed by atoms with van der Waals surface area (Å²) in [6, 6.07) is 11.0. The molecule has 1 aromatic carbocycles. The molecular formula is C18H24N2. The van der Waals surface area contributed by atoms with Crippen molar-refractivity contribution < 1.29 is 0 Å². The van der Waals surface area contributed by atoms with Gasteiger partial charge in [-0.15, -0.1) is 0 Å². The van der Waals surface area contributed by atoms with E-state index in [0.29, 0.717) is 5.92 Å². The van der Waals surface area contributed by atoms with Crippen LogP contribution in [0.3, 0.4) is 0 Å². The fourth-order valence-electron chi connectivity index (χ4n) is 5.80. The minimum Gasteiger partial charge on any atom is -0.186 e. The molecule has 1 aromatic rings. The molecule has 0 aromatic heterocycles. The van der Waals surface area contributed by atoms with Crippen LogP contribution in [-0.2, 0) is 5.54 Å². The lowest BCUT2D eigenvalue weighted by molar-refractivity contribution is 0.121. The minimum absolute atomic E-state index is 0.0404. The first-order valence-corrected chi connectivity index (χ1v) is 8.10. The van der Waals surface area contributed by atoms with Crippen LogP contribution in [0, 0.1) is 17.3 Å². The number of hydrogen-bond acceptors (Lipinski definition) is 2. The van der Waals surface area contributed by atoms with Gasteiger partial charge in [0.15, 0.2) is 0 Å². The summed E-state index contributed by atoms with van der Waals surface area (Å²) < 4.78 is 0. The Bertz CT molecular complexity index is 566. The molecule has 2 aliphatic carbocycles. The van der Waals surface area contributed by atoms with Crippen molar-refractivity contribution in [1.82, 2.24) is 0 Å². The summed E-state index contributed by atoms with van der Waals surface area (Å²) in [5.74, 6) is 1.42. The van der Waals surface area contributed by atoms with Gasteiger partial charge in [0, 0.05) is 5.41 Å². The molecule has 0 spiro atoms. The van der Waals surface area contributed by atoms with Crippen molar-refractivity contribution in [3.8, 4) is 0 Å². The fourth-order valence-corrected chi connectivity index (χ4v) is 5.80. The lowest BCUT2D eigenvalue weighted by Crippen LogP contribution is -2.46. The molecule has 1 heterocycles. The van der Waals surface area contributed by atoms with E-state index in [1.165, 1.54) is 24.8 Å². The number of hydrogen-bond donors (Lipinski definition) is 0. The number of azo groups is 1. The summed E-state index contributed by atoms with van der Waals surface area (Å²) in [5, 5.41) is 9.85. The monoisotopic (exact) mass is 268 g/mol. The van der Waals surface area contributed by atoms with Crippen LogP contribution in [0.25, 0.3) is 0 Å². The van der Waals surface area contributed by atoms with E-state index in [4.69, 9.17) is 10.2 Å².